The van der Waals surface area contributed by atoms with Gasteiger partial charge in [-0.15, -0.1) is 24.0 Å². The van der Waals surface area contributed by atoms with Gasteiger partial charge >= 0.3 is 0 Å². The topological polar surface area (TPSA) is 78.6 Å². The Morgan fingerprint density at radius 1 is 1.42 bits per heavy atom. The van der Waals surface area contributed by atoms with Gasteiger partial charge in [0.15, 0.2) is 11.8 Å². The third kappa shape index (κ3) is 5.57. The van der Waals surface area contributed by atoms with Crippen molar-refractivity contribution in [3.8, 4) is 0 Å². The Bertz CT molecular complexity index is 738. The van der Waals surface area contributed by atoms with E-state index in [0.29, 0.717) is 24.3 Å². The Hall–Kier alpha value is -1.36. The summed E-state index contributed by atoms with van der Waals surface area (Å²) >= 11 is 3.63. The number of aryl methyl sites for hydroxylation is 1. The largest absolute Gasteiger partial charge is 0.368 e. The van der Waals surface area contributed by atoms with Gasteiger partial charge in [0, 0.05) is 30.1 Å². The summed E-state index contributed by atoms with van der Waals surface area (Å²) in [4.78, 5) is 11.1. The molecule has 1 unspecified atom stereocenters. The average Bonchev–Trinajstić information content (AvgIpc) is 3.22. The van der Waals surface area contributed by atoms with E-state index in [4.69, 9.17) is 4.52 Å². The van der Waals surface area contributed by atoms with Gasteiger partial charge in [-0.3, -0.25) is 0 Å². The highest BCUT2D eigenvalue weighted by atomic mass is 127. The number of guanidine groups is 1. The molecule has 3 rings (SSSR count). The highest BCUT2D eigenvalue weighted by molar-refractivity contribution is 14.0. The lowest BCUT2D eigenvalue weighted by Crippen LogP contribution is -2.44. The smallest absolute Gasteiger partial charge is 0.248 e. The van der Waals surface area contributed by atoms with E-state index in [0.717, 1.165) is 36.5 Å². The summed E-state index contributed by atoms with van der Waals surface area (Å²) in [5, 5.41) is 10.6. The van der Waals surface area contributed by atoms with Crippen molar-refractivity contribution in [2.75, 3.05) is 24.5 Å². The van der Waals surface area contributed by atoms with Crippen molar-refractivity contribution < 1.29 is 4.52 Å². The van der Waals surface area contributed by atoms with Crippen molar-refractivity contribution in [3.63, 3.8) is 0 Å². The molecule has 1 saturated heterocycles. The molecule has 142 valence electrons. The SMILES string of the molecule is CCNC(=NCc1nc(C)no1)NC1CCN(c2ccccc2Br)C1.I. The van der Waals surface area contributed by atoms with Crippen LogP contribution in [0.1, 0.15) is 25.1 Å². The molecule has 2 aromatic rings. The third-order valence-electron chi connectivity index (χ3n) is 4.01. The molecule has 0 amide bonds. The van der Waals surface area contributed by atoms with Crippen LogP contribution in [-0.4, -0.2) is 41.8 Å². The Morgan fingerprint density at radius 2 is 2.23 bits per heavy atom. The number of aromatic nitrogens is 2. The van der Waals surface area contributed by atoms with Crippen LogP contribution >= 0.6 is 39.9 Å². The molecule has 2 N–H and O–H groups in total. The van der Waals surface area contributed by atoms with Crippen molar-refractivity contribution in [2.24, 2.45) is 4.99 Å². The van der Waals surface area contributed by atoms with Crippen LogP contribution in [0.5, 0.6) is 0 Å². The van der Waals surface area contributed by atoms with Crippen LogP contribution in [0.25, 0.3) is 0 Å². The van der Waals surface area contributed by atoms with E-state index in [9.17, 15) is 0 Å². The van der Waals surface area contributed by atoms with E-state index in [1.807, 2.05) is 6.07 Å². The van der Waals surface area contributed by atoms with Crippen molar-refractivity contribution >= 4 is 51.6 Å². The minimum Gasteiger partial charge on any atom is -0.368 e. The van der Waals surface area contributed by atoms with Gasteiger partial charge in [-0.2, -0.15) is 4.98 Å². The van der Waals surface area contributed by atoms with Crippen LogP contribution in [-0.2, 0) is 6.54 Å². The quantitative estimate of drug-likeness (QED) is 0.349. The Morgan fingerprint density at radius 3 is 2.92 bits per heavy atom. The molecule has 2 heterocycles. The predicted molar refractivity (Wildman–Crippen MR) is 117 cm³/mol. The van der Waals surface area contributed by atoms with E-state index in [2.05, 4.69) is 71.7 Å². The Labute approximate surface area is 179 Å². The molecule has 0 spiro atoms. The van der Waals surface area contributed by atoms with Crippen molar-refractivity contribution in [3.05, 3.63) is 40.5 Å². The monoisotopic (exact) mass is 534 g/mol. The minimum absolute atomic E-state index is 0. The summed E-state index contributed by atoms with van der Waals surface area (Å²) in [6.45, 7) is 6.98. The highest BCUT2D eigenvalue weighted by Crippen LogP contribution is 2.28. The fourth-order valence-electron chi connectivity index (χ4n) is 2.87. The van der Waals surface area contributed by atoms with Crippen LogP contribution in [0.15, 0.2) is 38.3 Å². The fraction of sp³-hybridized carbons (Fsp3) is 0.471. The molecular weight excluding hydrogens is 511 g/mol. The number of nitrogens with one attached hydrogen (secondary N) is 2. The molecule has 1 atom stereocenters. The van der Waals surface area contributed by atoms with Crippen LogP contribution in [0.4, 0.5) is 5.69 Å². The average molecular weight is 535 g/mol. The maximum absolute atomic E-state index is 5.11. The first-order valence-corrected chi connectivity index (χ1v) is 9.28. The maximum Gasteiger partial charge on any atom is 0.248 e. The molecule has 1 aromatic heterocycles. The molecule has 0 aliphatic carbocycles. The molecule has 1 aliphatic rings. The van der Waals surface area contributed by atoms with Crippen LogP contribution in [0.2, 0.25) is 0 Å². The normalized spacial score (nSPS) is 17.1. The molecule has 0 radical (unpaired) electrons. The molecule has 0 bridgehead atoms. The predicted octanol–water partition coefficient (Wildman–Crippen LogP) is 3.09. The number of anilines is 1. The maximum atomic E-state index is 5.11. The summed E-state index contributed by atoms with van der Waals surface area (Å²) in [7, 11) is 0. The first kappa shape index (κ1) is 20.9. The molecule has 1 fully saturated rings. The molecule has 0 saturated carbocycles. The molecule has 7 nitrogen and oxygen atoms in total. The lowest BCUT2D eigenvalue weighted by Gasteiger charge is -2.21. The van der Waals surface area contributed by atoms with Crippen molar-refractivity contribution in [1.29, 1.82) is 0 Å². The van der Waals surface area contributed by atoms with Gasteiger partial charge in [-0.25, -0.2) is 4.99 Å². The zero-order chi connectivity index (χ0) is 17.6. The number of nitrogens with zero attached hydrogens (tertiary/aromatic N) is 4. The number of hydrogen-bond acceptors (Lipinski definition) is 5. The summed E-state index contributed by atoms with van der Waals surface area (Å²) < 4.78 is 6.24. The van der Waals surface area contributed by atoms with Gasteiger partial charge in [-0.1, -0.05) is 17.3 Å². The van der Waals surface area contributed by atoms with Crippen LogP contribution < -0.4 is 15.5 Å². The van der Waals surface area contributed by atoms with Gasteiger partial charge in [0.1, 0.15) is 6.54 Å². The van der Waals surface area contributed by atoms with Gasteiger partial charge in [-0.05, 0) is 48.3 Å². The fourth-order valence-corrected chi connectivity index (χ4v) is 3.40. The zero-order valence-electron chi connectivity index (χ0n) is 14.9. The minimum atomic E-state index is 0. The number of hydrogen-bond donors (Lipinski definition) is 2. The van der Waals surface area contributed by atoms with Gasteiger partial charge in [0.05, 0.1) is 5.69 Å². The van der Waals surface area contributed by atoms with Crippen molar-refractivity contribution in [2.45, 2.75) is 32.9 Å². The van der Waals surface area contributed by atoms with Crippen LogP contribution in [0, 0.1) is 6.92 Å². The van der Waals surface area contributed by atoms with E-state index in [1.54, 1.807) is 6.92 Å². The Kier molecular flexibility index (Phi) is 8.14. The molecule has 1 aliphatic heterocycles. The van der Waals surface area contributed by atoms with Gasteiger partial charge in [0.25, 0.3) is 0 Å². The summed E-state index contributed by atoms with van der Waals surface area (Å²) in [5.74, 6) is 1.93. The standard InChI is InChI=1S/C17H23BrN6O.HI/c1-3-19-17(20-10-16-21-12(2)23-25-16)22-13-8-9-24(11-13)15-7-5-4-6-14(15)18;/h4-7,13H,3,8-11H2,1-2H3,(H2,19,20,22);1H. The second-order valence-electron chi connectivity index (χ2n) is 5.96. The number of halogens is 2. The number of para-hydroxylation sites is 1. The van der Waals surface area contributed by atoms with Gasteiger partial charge in [0.2, 0.25) is 5.89 Å². The number of benzene rings is 1. The van der Waals surface area contributed by atoms with E-state index < -0.39 is 0 Å². The second kappa shape index (κ2) is 10.1. The zero-order valence-corrected chi connectivity index (χ0v) is 18.8. The summed E-state index contributed by atoms with van der Waals surface area (Å²) in [5.41, 5.74) is 1.23. The lowest BCUT2D eigenvalue weighted by molar-refractivity contribution is 0.376. The third-order valence-corrected chi connectivity index (χ3v) is 4.68. The summed E-state index contributed by atoms with van der Waals surface area (Å²) in [6, 6.07) is 8.67. The Balaban J connectivity index is 0.00000243. The highest BCUT2D eigenvalue weighted by Gasteiger charge is 2.24. The lowest BCUT2D eigenvalue weighted by atomic mass is 10.3. The summed E-state index contributed by atoms with van der Waals surface area (Å²) in [6.07, 6.45) is 1.06. The molecular formula is C17H24BrIN6O. The van der Waals surface area contributed by atoms with E-state index in [-0.39, 0.29) is 24.0 Å². The van der Waals surface area contributed by atoms with E-state index >= 15 is 0 Å². The molecule has 1 aromatic carbocycles. The van der Waals surface area contributed by atoms with Gasteiger partial charge < -0.3 is 20.1 Å². The number of aliphatic imine (C=N–C) groups is 1. The van der Waals surface area contributed by atoms with E-state index in [1.165, 1.54) is 5.69 Å². The molecule has 9 heteroatoms. The number of rotatable bonds is 5. The first-order chi connectivity index (χ1) is 12.2. The molecule has 26 heavy (non-hydrogen) atoms. The first-order valence-electron chi connectivity index (χ1n) is 8.49. The van der Waals surface area contributed by atoms with Crippen LogP contribution in [0.3, 0.4) is 0 Å². The van der Waals surface area contributed by atoms with Crippen molar-refractivity contribution in [1.82, 2.24) is 20.8 Å². The second-order valence-corrected chi connectivity index (χ2v) is 6.81.